The van der Waals surface area contributed by atoms with Crippen molar-refractivity contribution >= 4 is 23.4 Å². The Morgan fingerprint density at radius 2 is 1.90 bits per heavy atom. The van der Waals surface area contributed by atoms with E-state index in [1.165, 1.54) is 5.56 Å². The van der Waals surface area contributed by atoms with Crippen LogP contribution >= 0.6 is 11.6 Å². The zero-order valence-corrected chi connectivity index (χ0v) is 19.9. The number of hydrogen-bond acceptors (Lipinski definition) is 4. The summed E-state index contributed by atoms with van der Waals surface area (Å²) in [5, 5.41) is 7.81. The number of piperidine rings is 1. The molecule has 2 N–H and O–H groups in total. The van der Waals surface area contributed by atoms with Gasteiger partial charge in [-0.1, -0.05) is 29.8 Å². The summed E-state index contributed by atoms with van der Waals surface area (Å²) in [6.45, 7) is 7.66. The van der Waals surface area contributed by atoms with E-state index in [0.717, 1.165) is 55.0 Å². The number of aliphatic imine (C=N–C) groups is 1. The maximum absolute atomic E-state index is 6.06. The van der Waals surface area contributed by atoms with Crippen LogP contribution in [-0.2, 0) is 0 Å². The largest absolute Gasteiger partial charge is 0.357 e. The first-order chi connectivity index (χ1) is 15.0. The lowest BCUT2D eigenvalue weighted by Gasteiger charge is -2.34. The molecule has 0 spiro atoms. The third-order valence-corrected chi connectivity index (χ3v) is 5.93. The molecule has 1 aliphatic heterocycles. The summed E-state index contributed by atoms with van der Waals surface area (Å²) in [7, 11) is 4.17. The van der Waals surface area contributed by atoms with Gasteiger partial charge in [0, 0.05) is 36.4 Å². The topological polar surface area (TPSA) is 55.8 Å². The summed E-state index contributed by atoms with van der Waals surface area (Å²) in [6, 6.07) is 14.9. The molecule has 7 heteroatoms. The zero-order chi connectivity index (χ0) is 22.2. The molecule has 31 heavy (non-hydrogen) atoms. The van der Waals surface area contributed by atoms with Crippen molar-refractivity contribution in [2.24, 2.45) is 4.99 Å². The number of halogens is 1. The van der Waals surface area contributed by atoms with Gasteiger partial charge in [-0.25, -0.2) is 4.98 Å². The highest BCUT2D eigenvalue weighted by molar-refractivity contribution is 6.30. The first-order valence-electron chi connectivity index (χ1n) is 11.1. The number of rotatable bonds is 7. The molecule has 1 aliphatic rings. The molecule has 0 aliphatic carbocycles. The summed E-state index contributed by atoms with van der Waals surface area (Å²) in [6.07, 6.45) is 2.13. The summed E-state index contributed by atoms with van der Waals surface area (Å²) in [5.74, 6) is 1.96. The summed E-state index contributed by atoms with van der Waals surface area (Å²) in [4.78, 5) is 14.1. The van der Waals surface area contributed by atoms with E-state index in [0.29, 0.717) is 12.6 Å². The monoisotopic (exact) mass is 442 g/mol. The fraction of sp³-hybridized carbons (Fsp3) is 0.500. The smallest absolute Gasteiger partial charge is 0.191 e. The number of hydrogen-bond donors (Lipinski definition) is 2. The van der Waals surface area contributed by atoms with E-state index in [-0.39, 0.29) is 6.04 Å². The number of nitrogens with zero attached hydrogens (tertiary/aromatic N) is 4. The third kappa shape index (κ3) is 6.84. The second-order valence-electron chi connectivity index (χ2n) is 8.29. The molecule has 0 bridgehead atoms. The molecule has 0 saturated carbocycles. The van der Waals surface area contributed by atoms with Crippen LogP contribution < -0.4 is 15.5 Å². The Hall–Kier alpha value is -2.31. The van der Waals surface area contributed by atoms with Gasteiger partial charge in [0.2, 0.25) is 0 Å². The molecule has 0 radical (unpaired) electrons. The van der Waals surface area contributed by atoms with Gasteiger partial charge in [0.25, 0.3) is 0 Å². The van der Waals surface area contributed by atoms with E-state index >= 15 is 0 Å². The van der Waals surface area contributed by atoms with Gasteiger partial charge < -0.3 is 20.4 Å². The van der Waals surface area contributed by atoms with E-state index < -0.39 is 0 Å². The van der Waals surface area contributed by atoms with Crippen LogP contribution in [0.2, 0.25) is 5.02 Å². The summed E-state index contributed by atoms with van der Waals surface area (Å²) < 4.78 is 0. The van der Waals surface area contributed by atoms with Crippen molar-refractivity contribution < 1.29 is 0 Å². The molecular weight excluding hydrogens is 408 g/mol. The average Bonchev–Trinajstić information content (AvgIpc) is 2.75. The Kier molecular flexibility index (Phi) is 8.55. The fourth-order valence-electron chi connectivity index (χ4n) is 3.90. The lowest BCUT2D eigenvalue weighted by molar-refractivity contribution is 0.306. The number of nitrogens with one attached hydrogen (secondary N) is 2. The van der Waals surface area contributed by atoms with E-state index in [2.05, 4.69) is 70.7 Å². The van der Waals surface area contributed by atoms with Crippen LogP contribution in [0.3, 0.4) is 0 Å². The van der Waals surface area contributed by atoms with E-state index in [1.54, 1.807) is 0 Å². The maximum atomic E-state index is 6.06. The van der Waals surface area contributed by atoms with Gasteiger partial charge >= 0.3 is 0 Å². The van der Waals surface area contributed by atoms with Gasteiger partial charge in [-0.3, -0.25) is 4.99 Å². The van der Waals surface area contributed by atoms with Crippen molar-refractivity contribution in [1.29, 1.82) is 0 Å². The Bertz CT molecular complexity index is 843. The van der Waals surface area contributed by atoms with Crippen molar-refractivity contribution in [2.45, 2.75) is 38.8 Å². The number of guanidine groups is 1. The first-order valence-corrected chi connectivity index (χ1v) is 11.5. The molecule has 2 aromatic rings. The lowest BCUT2D eigenvalue weighted by Crippen LogP contribution is -2.49. The number of pyridine rings is 1. The average molecular weight is 443 g/mol. The number of aromatic nitrogens is 1. The predicted octanol–water partition coefficient (Wildman–Crippen LogP) is 3.87. The van der Waals surface area contributed by atoms with Gasteiger partial charge in [-0.2, -0.15) is 0 Å². The molecule has 1 fully saturated rings. The summed E-state index contributed by atoms with van der Waals surface area (Å²) >= 11 is 6.06. The van der Waals surface area contributed by atoms with Crippen molar-refractivity contribution in [2.75, 3.05) is 45.2 Å². The van der Waals surface area contributed by atoms with Crippen molar-refractivity contribution in [3.05, 3.63) is 58.7 Å². The maximum Gasteiger partial charge on any atom is 0.191 e. The minimum Gasteiger partial charge on any atom is -0.357 e. The second kappa shape index (κ2) is 11.3. The van der Waals surface area contributed by atoms with Crippen molar-refractivity contribution in [3.63, 3.8) is 0 Å². The molecule has 1 aromatic carbocycles. The molecule has 0 amide bonds. The van der Waals surface area contributed by atoms with Crippen LogP contribution in [0.15, 0.2) is 47.5 Å². The quantitative estimate of drug-likeness (QED) is 0.503. The minimum absolute atomic E-state index is 0.196. The van der Waals surface area contributed by atoms with Crippen LogP contribution in [-0.4, -0.2) is 62.2 Å². The highest BCUT2D eigenvalue weighted by Crippen LogP contribution is 2.21. The van der Waals surface area contributed by atoms with Crippen LogP contribution in [0.25, 0.3) is 0 Å². The molecule has 1 aromatic heterocycles. The molecule has 1 atom stereocenters. The Labute approximate surface area is 191 Å². The molecule has 6 nitrogen and oxygen atoms in total. The predicted molar refractivity (Wildman–Crippen MR) is 131 cm³/mol. The van der Waals surface area contributed by atoms with Crippen LogP contribution in [0.4, 0.5) is 5.82 Å². The van der Waals surface area contributed by atoms with E-state index in [1.807, 2.05) is 25.1 Å². The van der Waals surface area contributed by atoms with Gasteiger partial charge in [-0.15, -0.1) is 0 Å². The molecule has 2 heterocycles. The Balaban J connectivity index is 1.60. The van der Waals surface area contributed by atoms with Gasteiger partial charge in [0.05, 0.1) is 12.6 Å². The number of anilines is 1. The molecule has 168 valence electrons. The Morgan fingerprint density at radius 1 is 1.19 bits per heavy atom. The van der Waals surface area contributed by atoms with E-state index in [9.17, 15) is 0 Å². The normalized spacial score (nSPS) is 16.5. The third-order valence-electron chi connectivity index (χ3n) is 5.68. The van der Waals surface area contributed by atoms with E-state index in [4.69, 9.17) is 16.6 Å². The number of aryl methyl sites for hydroxylation is 1. The highest BCUT2D eigenvalue weighted by atomic mass is 35.5. The van der Waals surface area contributed by atoms with Gasteiger partial charge in [0.1, 0.15) is 5.82 Å². The van der Waals surface area contributed by atoms with Crippen LogP contribution in [0.5, 0.6) is 0 Å². The minimum atomic E-state index is 0.196. The number of likely N-dealkylation sites (N-methyl/N-ethyl adjacent to an activating group) is 1. The van der Waals surface area contributed by atoms with Gasteiger partial charge in [0.15, 0.2) is 5.96 Å². The molecular formula is C24H35ClN6. The second-order valence-corrected chi connectivity index (χ2v) is 8.73. The summed E-state index contributed by atoms with van der Waals surface area (Å²) in [5.41, 5.74) is 2.28. The lowest BCUT2D eigenvalue weighted by atomic mass is 10.1. The molecule has 1 unspecified atom stereocenters. The highest BCUT2D eigenvalue weighted by Gasteiger charge is 2.21. The molecule has 3 rings (SSSR count). The SMILES string of the molecule is CCNC(=NCC(c1ccc(Cl)cc1)N(C)C)NC1CCN(c2cccc(C)n2)CC1. The van der Waals surface area contributed by atoms with Crippen molar-refractivity contribution in [3.8, 4) is 0 Å². The fourth-order valence-corrected chi connectivity index (χ4v) is 4.03. The van der Waals surface area contributed by atoms with Crippen LogP contribution in [0, 0.1) is 6.92 Å². The van der Waals surface area contributed by atoms with Crippen LogP contribution in [0.1, 0.15) is 37.1 Å². The standard InChI is InChI=1S/C24H35ClN6/c1-5-26-24(27-17-22(30(3)4)19-9-11-20(25)12-10-19)29-21-13-15-31(16-14-21)23-8-6-7-18(2)28-23/h6-12,21-22H,5,13-17H2,1-4H3,(H2,26,27,29). The Morgan fingerprint density at radius 3 is 2.52 bits per heavy atom. The molecule has 1 saturated heterocycles. The van der Waals surface area contributed by atoms with Gasteiger partial charge in [-0.05, 0) is 70.6 Å². The zero-order valence-electron chi connectivity index (χ0n) is 19.1. The number of benzene rings is 1. The van der Waals surface area contributed by atoms with Crippen molar-refractivity contribution in [1.82, 2.24) is 20.5 Å². The first kappa shape index (κ1) is 23.4.